The number of amides is 3. The van der Waals surface area contributed by atoms with Crippen molar-refractivity contribution in [1.29, 1.82) is 0 Å². The Labute approximate surface area is 129 Å². The van der Waals surface area contributed by atoms with Gasteiger partial charge in [0.1, 0.15) is 17.4 Å². The van der Waals surface area contributed by atoms with Gasteiger partial charge in [0, 0.05) is 12.6 Å². The van der Waals surface area contributed by atoms with Crippen LogP contribution in [-0.4, -0.2) is 57.0 Å². The number of rotatable bonds is 1. The standard InChI is InChI=1S/C15H22N2O5/c1-9-11(18)8-12(19)17(9)13(20)10-6-5-7-16(10)14(21)22-15(2,3)4/h8-10,18H,5-7H2,1-4H3/t9-,10-/m0/s1. The monoisotopic (exact) mass is 310 g/mol. The molecular formula is C15H22N2O5. The highest BCUT2D eigenvalue weighted by molar-refractivity contribution is 6.06. The van der Waals surface area contributed by atoms with Gasteiger partial charge in [-0.1, -0.05) is 0 Å². The van der Waals surface area contributed by atoms with Gasteiger partial charge in [-0.3, -0.25) is 19.4 Å². The summed E-state index contributed by atoms with van der Waals surface area (Å²) in [5.74, 6) is -1.16. The van der Waals surface area contributed by atoms with Crippen LogP contribution in [0, 0.1) is 0 Å². The minimum absolute atomic E-state index is 0.139. The van der Waals surface area contributed by atoms with Crippen molar-refractivity contribution in [3.8, 4) is 0 Å². The van der Waals surface area contributed by atoms with Gasteiger partial charge >= 0.3 is 6.09 Å². The van der Waals surface area contributed by atoms with Crippen molar-refractivity contribution in [3.05, 3.63) is 11.8 Å². The fourth-order valence-electron chi connectivity index (χ4n) is 2.66. The van der Waals surface area contributed by atoms with Crippen LogP contribution in [0.2, 0.25) is 0 Å². The Morgan fingerprint density at radius 2 is 2.00 bits per heavy atom. The van der Waals surface area contributed by atoms with E-state index in [2.05, 4.69) is 0 Å². The lowest BCUT2D eigenvalue weighted by Crippen LogP contribution is -2.51. The summed E-state index contributed by atoms with van der Waals surface area (Å²) in [4.78, 5) is 39.0. The summed E-state index contributed by atoms with van der Waals surface area (Å²) in [5, 5.41) is 9.60. The van der Waals surface area contributed by atoms with Crippen molar-refractivity contribution >= 4 is 17.9 Å². The highest BCUT2D eigenvalue weighted by Crippen LogP contribution is 2.26. The van der Waals surface area contributed by atoms with Crippen LogP contribution in [0.1, 0.15) is 40.5 Å². The maximum Gasteiger partial charge on any atom is 0.410 e. The molecule has 0 aromatic heterocycles. The summed E-state index contributed by atoms with van der Waals surface area (Å²) in [7, 11) is 0. The van der Waals surface area contributed by atoms with Gasteiger partial charge in [0.05, 0.1) is 6.04 Å². The summed E-state index contributed by atoms with van der Waals surface area (Å²) in [6.45, 7) is 7.26. The number of ether oxygens (including phenoxy) is 1. The fraction of sp³-hybridized carbons (Fsp3) is 0.667. The number of aliphatic hydroxyl groups is 1. The minimum atomic E-state index is -0.722. The fourth-order valence-corrected chi connectivity index (χ4v) is 2.66. The average Bonchev–Trinajstić information content (AvgIpc) is 2.93. The van der Waals surface area contributed by atoms with Crippen molar-refractivity contribution in [2.75, 3.05) is 6.54 Å². The molecule has 1 saturated heterocycles. The average molecular weight is 310 g/mol. The van der Waals surface area contributed by atoms with Gasteiger partial charge in [0.15, 0.2) is 0 Å². The van der Waals surface area contributed by atoms with E-state index in [0.29, 0.717) is 19.4 Å². The molecule has 0 spiro atoms. The van der Waals surface area contributed by atoms with Gasteiger partial charge in [-0.2, -0.15) is 0 Å². The van der Waals surface area contributed by atoms with Crippen LogP contribution in [0.5, 0.6) is 0 Å². The topological polar surface area (TPSA) is 87.2 Å². The van der Waals surface area contributed by atoms with Crippen molar-refractivity contribution in [2.45, 2.75) is 58.2 Å². The number of nitrogens with zero attached hydrogens (tertiary/aromatic N) is 2. The van der Waals surface area contributed by atoms with Crippen molar-refractivity contribution in [2.24, 2.45) is 0 Å². The number of hydrogen-bond acceptors (Lipinski definition) is 5. The summed E-state index contributed by atoms with van der Waals surface area (Å²) < 4.78 is 5.31. The van der Waals surface area contributed by atoms with Crippen LogP contribution >= 0.6 is 0 Å². The van der Waals surface area contributed by atoms with Gasteiger partial charge in [0.25, 0.3) is 11.8 Å². The van der Waals surface area contributed by atoms with E-state index < -0.39 is 35.6 Å². The largest absolute Gasteiger partial charge is 0.510 e. The summed E-state index contributed by atoms with van der Waals surface area (Å²) >= 11 is 0. The van der Waals surface area contributed by atoms with E-state index in [1.165, 1.54) is 4.90 Å². The number of carbonyl (C=O) groups is 3. The third kappa shape index (κ3) is 3.08. The summed E-state index contributed by atoms with van der Waals surface area (Å²) in [6.07, 6.45) is 1.63. The number of aliphatic hydroxyl groups excluding tert-OH is 1. The predicted molar refractivity (Wildman–Crippen MR) is 78.0 cm³/mol. The molecule has 7 nitrogen and oxygen atoms in total. The van der Waals surface area contributed by atoms with E-state index in [0.717, 1.165) is 11.0 Å². The number of hydrogen-bond donors (Lipinski definition) is 1. The SMILES string of the molecule is C[C@H]1C(O)=CC(=O)N1C(=O)[C@@H]1CCCN1C(=O)OC(C)(C)C. The molecule has 0 radical (unpaired) electrons. The first-order chi connectivity index (χ1) is 10.1. The van der Waals surface area contributed by atoms with Gasteiger partial charge in [0.2, 0.25) is 0 Å². The Hall–Kier alpha value is -2.05. The molecule has 22 heavy (non-hydrogen) atoms. The van der Waals surface area contributed by atoms with E-state index in [-0.39, 0.29) is 5.76 Å². The van der Waals surface area contributed by atoms with E-state index >= 15 is 0 Å². The second-order valence-corrected chi connectivity index (χ2v) is 6.62. The molecule has 0 saturated carbocycles. The lowest BCUT2D eigenvalue weighted by molar-refractivity contribution is -0.145. The molecule has 2 atom stereocenters. The van der Waals surface area contributed by atoms with Crippen LogP contribution in [-0.2, 0) is 14.3 Å². The molecule has 0 unspecified atom stereocenters. The van der Waals surface area contributed by atoms with Gasteiger partial charge in [-0.25, -0.2) is 4.79 Å². The van der Waals surface area contributed by atoms with Gasteiger partial charge < -0.3 is 9.84 Å². The van der Waals surface area contributed by atoms with E-state index in [1.54, 1.807) is 27.7 Å². The first kappa shape index (κ1) is 16.3. The molecule has 0 aromatic rings. The van der Waals surface area contributed by atoms with Crippen LogP contribution in [0.4, 0.5) is 4.79 Å². The Morgan fingerprint density at radius 3 is 2.50 bits per heavy atom. The molecule has 1 N–H and O–H groups in total. The minimum Gasteiger partial charge on any atom is -0.510 e. The van der Waals surface area contributed by atoms with Gasteiger partial charge in [-0.05, 0) is 40.5 Å². The molecule has 7 heteroatoms. The van der Waals surface area contributed by atoms with E-state index in [1.807, 2.05) is 0 Å². The molecule has 0 aliphatic carbocycles. The molecule has 122 valence electrons. The zero-order chi connectivity index (χ0) is 16.7. The van der Waals surface area contributed by atoms with E-state index in [9.17, 15) is 19.5 Å². The molecule has 2 aliphatic rings. The molecule has 0 aromatic carbocycles. The van der Waals surface area contributed by atoms with Crippen molar-refractivity contribution in [3.63, 3.8) is 0 Å². The molecule has 2 heterocycles. The quantitative estimate of drug-likeness (QED) is 0.743. The van der Waals surface area contributed by atoms with Crippen LogP contribution < -0.4 is 0 Å². The van der Waals surface area contributed by atoms with Crippen LogP contribution in [0.25, 0.3) is 0 Å². The maximum absolute atomic E-state index is 12.6. The third-order valence-corrected chi connectivity index (χ3v) is 3.73. The lowest BCUT2D eigenvalue weighted by Gasteiger charge is -2.30. The zero-order valence-corrected chi connectivity index (χ0v) is 13.3. The van der Waals surface area contributed by atoms with Crippen molar-refractivity contribution in [1.82, 2.24) is 9.80 Å². The summed E-state index contributed by atoms with van der Waals surface area (Å²) in [5.41, 5.74) is -0.649. The Kier molecular flexibility index (Phi) is 4.17. The first-order valence-electron chi connectivity index (χ1n) is 7.39. The molecule has 0 bridgehead atoms. The zero-order valence-electron chi connectivity index (χ0n) is 13.3. The lowest BCUT2D eigenvalue weighted by atomic mass is 10.1. The Bertz CT molecular complexity index is 535. The molecule has 1 fully saturated rings. The highest BCUT2D eigenvalue weighted by atomic mass is 16.6. The maximum atomic E-state index is 12.6. The summed E-state index contributed by atoms with van der Waals surface area (Å²) in [6, 6.07) is -1.42. The third-order valence-electron chi connectivity index (χ3n) is 3.73. The van der Waals surface area contributed by atoms with Crippen LogP contribution in [0.15, 0.2) is 11.8 Å². The second-order valence-electron chi connectivity index (χ2n) is 6.62. The second kappa shape index (κ2) is 5.62. The smallest absolute Gasteiger partial charge is 0.410 e. The Morgan fingerprint density at radius 1 is 1.36 bits per heavy atom. The van der Waals surface area contributed by atoms with Gasteiger partial charge in [-0.15, -0.1) is 0 Å². The van der Waals surface area contributed by atoms with Crippen molar-refractivity contribution < 1.29 is 24.2 Å². The van der Waals surface area contributed by atoms with Crippen LogP contribution in [0.3, 0.4) is 0 Å². The van der Waals surface area contributed by atoms with E-state index in [4.69, 9.17) is 4.74 Å². The number of carbonyl (C=O) groups excluding carboxylic acids is 3. The first-order valence-corrected chi connectivity index (χ1v) is 7.39. The number of likely N-dealkylation sites (tertiary alicyclic amines) is 1. The molecular weight excluding hydrogens is 288 g/mol. The molecule has 2 rings (SSSR count). The molecule has 2 aliphatic heterocycles. The Balaban J connectivity index is 2.12. The molecule has 3 amide bonds. The normalized spacial score (nSPS) is 25.5. The predicted octanol–water partition coefficient (Wildman–Crippen LogP) is 1.59. The number of imide groups is 1. The highest BCUT2D eigenvalue weighted by Gasteiger charge is 2.43.